The Bertz CT molecular complexity index is 969. The summed E-state index contributed by atoms with van der Waals surface area (Å²) >= 11 is 0. The van der Waals surface area contributed by atoms with E-state index in [1.807, 2.05) is 12.1 Å². The standard InChI is InChI=1S/C16H13NO4S/c1-22(20,21)12-5-2-10(3-6-12)11-4-7-15-13(8-11)14(9-17-15)16(18)19/h2-9,17H,1H3,(H,18,19). The summed E-state index contributed by atoms with van der Waals surface area (Å²) in [6.45, 7) is 0. The van der Waals surface area contributed by atoms with Gasteiger partial charge in [-0.1, -0.05) is 18.2 Å². The van der Waals surface area contributed by atoms with Crippen molar-refractivity contribution in [3.8, 4) is 11.1 Å². The molecule has 0 fully saturated rings. The van der Waals surface area contributed by atoms with Crippen LogP contribution < -0.4 is 0 Å². The van der Waals surface area contributed by atoms with Crippen molar-refractivity contribution in [1.29, 1.82) is 0 Å². The molecule has 0 radical (unpaired) electrons. The van der Waals surface area contributed by atoms with Gasteiger partial charge in [-0.05, 0) is 35.4 Å². The minimum absolute atomic E-state index is 0.213. The van der Waals surface area contributed by atoms with Crippen LogP contribution in [0.3, 0.4) is 0 Å². The number of carboxylic acids is 1. The molecule has 5 nitrogen and oxygen atoms in total. The molecule has 0 aliphatic rings. The largest absolute Gasteiger partial charge is 0.478 e. The van der Waals surface area contributed by atoms with Gasteiger partial charge in [-0.15, -0.1) is 0 Å². The van der Waals surface area contributed by atoms with Gasteiger partial charge in [0.2, 0.25) is 0 Å². The zero-order valence-corrected chi connectivity index (χ0v) is 12.5. The number of fused-ring (bicyclic) bond motifs is 1. The number of hydrogen-bond donors (Lipinski definition) is 2. The Labute approximate surface area is 127 Å². The van der Waals surface area contributed by atoms with Gasteiger partial charge in [0.1, 0.15) is 0 Å². The first-order valence-corrected chi connectivity index (χ1v) is 8.40. The van der Waals surface area contributed by atoms with Crippen LogP contribution in [0.25, 0.3) is 22.0 Å². The number of aromatic nitrogens is 1. The molecule has 0 saturated carbocycles. The number of sulfone groups is 1. The van der Waals surface area contributed by atoms with E-state index in [1.165, 1.54) is 6.20 Å². The molecule has 1 aromatic heterocycles. The Morgan fingerprint density at radius 3 is 2.27 bits per heavy atom. The number of hydrogen-bond acceptors (Lipinski definition) is 3. The van der Waals surface area contributed by atoms with Crippen molar-refractivity contribution in [1.82, 2.24) is 4.98 Å². The molecule has 0 bridgehead atoms. The molecule has 1 heterocycles. The van der Waals surface area contributed by atoms with Gasteiger partial charge in [-0.2, -0.15) is 0 Å². The van der Waals surface area contributed by atoms with Crippen LogP contribution in [0.1, 0.15) is 10.4 Å². The molecule has 112 valence electrons. The SMILES string of the molecule is CS(=O)(=O)c1ccc(-c2ccc3[nH]cc(C(=O)O)c3c2)cc1. The zero-order chi connectivity index (χ0) is 15.9. The molecular weight excluding hydrogens is 302 g/mol. The molecule has 0 amide bonds. The zero-order valence-electron chi connectivity index (χ0n) is 11.7. The highest BCUT2D eigenvalue weighted by molar-refractivity contribution is 7.90. The van der Waals surface area contributed by atoms with Gasteiger partial charge in [-0.3, -0.25) is 0 Å². The Balaban J connectivity index is 2.10. The average molecular weight is 315 g/mol. The first-order chi connectivity index (χ1) is 10.4. The number of nitrogens with one attached hydrogen (secondary N) is 1. The summed E-state index contributed by atoms with van der Waals surface area (Å²) < 4.78 is 22.9. The number of aromatic amines is 1. The lowest BCUT2D eigenvalue weighted by molar-refractivity contribution is 0.0699. The minimum atomic E-state index is -3.23. The van der Waals surface area contributed by atoms with Crippen molar-refractivity contribution >= 4 is 26.7 Å². The van der Waals surface area contributed by atoms with Gasteiger partial charge < -0.3 is 10.1 Å². The number of carbonyl (C=O) groups is 1. The number of aromatic carboxylic acids is 1. The summed E-state index contributed by atoms with van der Waals surface area (Å²) in [6, 6.07) is 12.0. The average Bonchev–Trinajstić information content (AvgIpc) is 2.89. The molecule has 0 aliphatic carbocycles. The first-order valence-electron chi connectivity index (χ1n) is 6.51. The van der Waals surface area contributed by atoms with Gasteiger partial charge in [-0.25, -0.2) is 13.2 Å². The summed E-state index contributed by atoms with van der Waals surface area (Å²) in [5.74, 6) is -0.990. The Hall–Kier alpha value is -2.60. The number of benzene rings is 2. The second kappa shape index (κ2) is 4.99. The number of H-pyrrole nitrogens is 1. The summed E-state index contributed by atoms with van der Waals surface area (Å²) in [5, 5.41) is 9.79. The second-order valence-electron chi connectivity index (χ2n) is 5.06. The van der Waals surface area contributed by atoms with Crippen LogP contribution >= 0.6 is 0 Å². The molecule has 0 atom stereocenters. The van der Waals surface area contributed by atoms with E-state index in [4.69, 9.17) is 0 Å². The summed E-state index contributed by atoms with van der Waals surface area (Å²) in [7, 11) is -3.23. The third kappa shape index (κ3) is 2.48. The van der Waals surface area contributed by atoms with Crippen molar-refractivity contribution in [2.45, 2.75) is 4.90 Å². The maximum Gasteiger partial charge on any atom is 0.337 e. The smallest absolute Gasteiger partial charge is 0.337 e. The van der Waals surface area contributed by atoms with E-state index in [-0.39, 0.29) is 10.5 Å². The van der Waals surface area contributed by atoms with Crippen LogP contribution in [-0.4, -0.2) is 30.7 Å². The van der Waals surface area contributed by atoms with E-state index in [9.17, 15) is 18.3 Å². The van der Waals surface area contributed by atoms with Crippen molar-refractivity contribution in [2.24, 2.45) is 0 Å². The molecule has 2 N–H and O–H groups in total. The maximum absolute atomic E-state index is 11.5. The van der Waals surface area contributed by atoms with E-state index < -0.39 is 15.8 Å². The predicted molar refractivity (Wildman–Crippen MR) is 83.8 cm³/mol. The lowest BCUT2D eigenvalue weighted by Gasteiger charge is -2.04. The van der Waals surface area contributed by atoms with Crippen molar-refractivity contribution in [3.63, 3.8) is 0 Å². The van der Waals surface area contributed by atoms with Gasteiger partial charge in [0.25, 0.3) is 0 Å². The number of rotatable bonds is 3. The molecule has 3 rings (SSSR count). The van der Waals surface area contributed by atoms with Gasteiger partial charge in [0.05, 0.1) is 10.5 Å². The Morgan fingerprint density at radius 1 is 1.05 bits per heavy atom. The fraction of sp³-hybridized carbons (Fsp3) is 0.0625. The minimum Gasteiger partial charge on any atom is -0.478 e. The summed E-state index contributed by atoms with van der Waals surface area (Å²) in [6.07, 6.45) is 2.62. The van der Waals surface area contributed by atoms with Gasteiger partial charge in [0, 0.05) is 23.4 Å². The Morgan fingerprint density at radius 2 is 1.68 bits per heavy atom. The molecule has 3 aromatic rings. The van der Waals surface area contributed by atoms with E-state index in [2.05, 4.69) is 4.98 Å². The van der Waals surface area contributed by atoms with Crippen LogP contribution in [0.5, 0.6) is 0 Å². The van der Waals surface area contributed by atoms with Gasteiger partial charge >= 0.3 is 5.97 Å². The highest BCUT2D eigenvalue weighted by Gasteiger charge is 2.12. The molecule has 2 aromatic carbocycles. The van der Waals surface area contributed by atoms with Crippen LogP contribution in [0, 0.1) is 0 Å². The summed E-state index contributed by atoms with van der Waals surface area (Å²) in [4.78, 5) is 14.4. The molecule has 0 unspecified atom stereocenters. The van der Waals surface area contributed by atoms with E-state index in [0.717, 1.165) is 22.9 Å². The first kappa shape index (κ1) is 14.3. The molecule has 0 saturated heterocycles. The summed E-state index contributed by atoms with van der Waals surface area (Å²) in [5.41, 5.74) is 2.61. The van der Waals surface area contributed by atoms with Gasteiger partial charge in [0.15, 0.2) is 9.84 Å². The normalized spacial score (nSPS) is 11.7. The van der Waals surface area contributed by atoms with Crippen LogP contribution in [0.2, 0.25) is 0 Å². The molecule has 22 heavy (non-hydrogen) atoms. The van der Waals surface area contributed by atoms with Crippen molar-refractivity contribution in [2.75, 3.05) is 6.26 Å². The molecule has 6 heteroatoms. The highest BCUT2D eigenvalue weighted by atomic mass is 32.2. The van der Waals surface area contributed by atoms with E-state index in [1.54, 1.807) is 30.3 Å². The fourth-order valence-electron chi connectivity index (χ4n) is 2.37. The molecule has 0 spiro atoms. The maximum atomic E-state index is 11.5. The van der Waals surface area contributed by atoms with Crippen molar-refractivity contribution < 1.29 is 18.3 Å². The topological polar surface area (TPSA) is 87.2 Å². The monoisotopic (exact) mass is 315 g/mol. The second-order valence-corrected chi connectivity index (χ2v) is 7.08. The van der Waals surface area contributed by atoms with Crippen molar-refractivity contribution in [3.05, 3.63) is 54.2 Å². The quantitative estimate of drug-likeness (QED) is 0.778. The predicted octanol–water partition coefficient (Wildman–Crippen LogP) is 2.94. The third-order valence-corrected chi connectivity index (χ3v) is 4.66. The van der Waals surface area contributed by atoms with E-state index in [0.29, 0.717) is 5.39 Å². The van der Waals surface area contributed by atoms with E-state index >= 15 is 0 Å². The number of carboxylic acid groups (broad SMARTS) is 1. The lowest BCUT2D eigenvalue weighted by Crippen LogP contribution is -1.96. The lowest BCUT2D eigenvalue weighted by atomic mass is 10.0. The third-order valence-electron chi connectivity index (χ3n) is 3.53. The molecule has 0 aliphatic heterocycles. The van der Waals surface area contributed by atoms with Crippen LogP contribution in [0.15, 0.2) is 53.6 Å². The Kier molecular flexibility index (Phi) is 3.26. The van der Waals surface area contributed by atoms with Crippen LogP contribution in [0.4, 0.5) is 0 Å². The van der Waals surface area contributed by atoms with Crippen LogP contribution in [-0.2, 0) is 9.84 Å². The fourth-order valence-corrected chi connectivity index (χ4v) is 3.00. The molecular formula is C16H13NO4S. The highest BCUT2D eigenvalue weighted by Crippen LogP contribution is 2.27.